The van der Waals surface area contributed by atoms with E-state index in [2.05, 4.69) is 5.32 Å². The first-order valence-electron chi connectivity index (χ1n) is 12.9. The number of para-hydroxylation sites is 1. The number of carbonyl (C=O) groups excluding carboxylic acids is 4. The third-order valence-corrected chi connectivity index (χ3v) is 9.28. The maximum atomic E-state index is 14.3. The Kier molecular flexibility index (Phi) is 4.77. The molecule has 0 aromatic heterocycles. The van der Waals surface area contributed by atoms with Crippen LogP contribution in [0.1, 0.15) is 25.3 Å². The van der Waals surface area contributed by atoms with Crippen molar-refractivity contribution in [1.82, 2.24) is 5.32 Å². The quantitative estimate of drug-likeness (QED) is 0.474. The van der Waals surface area contributed by atoms with Crippen LogP contribution in [0.4, 0.5) is 5.69 Å². The number of anilines is 1. The van der Waals surface area contributed by atoms with Crippen molar-refractivity contribution in [2.24, 2.45) is 35.0 Å². The molecule has 3 aliphatic heterocycles. The number of nitrogens with one attached hydrogen (secondary N) is 1. The van der Waals surface area contributed by atoms with Gasteiger partial charge in [0.05, 0.1) is 35.1 Å². The number of fused-ring (bicyclic) bond motifs is 5. The first-order chi connectivity index (χ1) is 18.3. The number of rotatable bonds is 2. The maximum Gasteiger partial charge on any atom is 0.241 e. The lowest BCUT2D eigenvalue weighted by Gasteiger charge is -2.49. The summed E-state index contributed by atoms with van der Waals surface area (Å²) in [4.78, 5) is 55.1. The molecule has 2 aromatic carbocycles. The molecular weight excluding hydrogens is 484 g/mol. The Morgan fingerprint density at radius 3 is 2.61 bits per heavy atom. The second-order valence-corrected chi connectivity index (χ2v) is 11.1. The van der Waals surface area contributed by atoms with Crippen LogP contribution < -0.4 is 15.0 Å². The number of aromatic hydroxyl groups is 1. The summed E-state index contributed by atoms with van der Waals surface area (Å²) in [6.45, 7) is 1.85. The molecular formula is C30H26N2O6. The van der Waals surface area contributed by atoms with E-state index in [9.17, 15) is 24.3 Å². The van der Waals surface area contributed by atoms with Crippen molar-refractivity contribution in [2.75, 3.05) is 4.90 Å². The van der Waals surface area contributed by atoms with E-state index in [0.29, 0.717) is 30.7 Å². The highest BCUT2D eigenvalue weighted by atomic mass is 16.5. The third kappa shape index (κ3) is 2.97. The van der Waals surface area contributed by atoms with Gasteiger partial charge >= 0.3 is 0 Å². The summed E-state index contributed by atoms with van der Waals surface area (Å²) in [6, 6.07) is 13.8. The predicted molar refractivity (Wildman–Crippen MR) is 135 cm³/mol. The smallest absolute Gasteiger partial charge is 0.241 e. The number of allylic oxidation sites excluding steroid dienone is 3. The van der Waals surface area contributed by atoms with Crippen molar-refractivity contribution >= 4 is 29.3 Å². The number of imide groups is 2. The van der Waals surface area contributed by atoms with Crippen LogP contribution >= 0.6 is 0 Å². The summed E-state index contributed by atoms with van der Waals surface area (Å²) >= 11 is 0. The van der Waals surface area contributed by atoms with E-state index in [1.807, 2.05) is 19.1 Å². The molecule has 2 aliphatic carbocycles. The van der Waals surface area contributed by atoms with Gasteiger partial charge < -0.3 is 9.84 Å². The minimum absolute atomic E-state index is 0.113. The van der Waals surface area contributed by atoms with Gasteiger partial charge in [0, 0.05) is 17.9 Å². The van der Waals surface area contributed by atoms with Crippen LogP contribution in [0.15, 0.2) is 72.0 Å². The lowest BCUT2D eigenvalue weighted by atomic mass is 9.51. The van der Waals surface area contributed by atoms with E-state index in [4.69, 9.17) is 4.74 Å². The number of amides is 4. The number of carbonyl (C=O) groups is 4. The number of ether oxygens (including phenoxy) is 1. The highest BCUT2D eigenvalue weighted by Crippen LogP contribution is 2.62. The molecule has 0 radical (unpaired) electrons. The normalized spacial score (nSPS) is 33.4. The molecule has 7 rings (SSSR count). The number of hydrogen-bond acceptors (Lipinski definition) is 6. The van der Waals surface area contributed by atoms with Crippen molar-refractivity contribution in [2.45, 2.75) is 26.2 Å². The molecule has 5 aliphatic rings. The Balaban J connectivity index is 1.38. The molecule has 2 saturated heterocycles. The van der Waals surface area contributed by atoms with Crippen molar-refractivity contribution in [3.05, 3.63) is 77.6 Å². The zero-order chi connectivity index (χ0) is 26.3. The van der Waals surface area contributed by atoms with Gasteiger partial charge in [-0.3, -0.25) is 24.5 Å². The van der Waals surface area contributed by atoms with Crippen molar-refractivity contribution in [3.8, 4) is 11.5 Å². The zero-order valence-corrected chi connectivity index (χ0v) is 20.7. The molecule has 1 saturated carbocycles. The van der Waals surface area contributed by atoms with Crippen molar-refractivity contribution in [3.63, 3.8) is 0 Å². The maximum absolute atomic E-state index is 14.3. The van der Waals surface area contributed by atoms with E-state index < -0.39 is 29.1 Å². The summed E-state index contributed by atoms with van der Waals surface area (Å²) in [6.07, 6.45) is 4.82. The molecule has 3 fully saturated rings. The topological polar surface area (TPSA) is 113 Å². The van der Waals surface area contributed by atoms with Crippen LogP contribution in [0.3, 0.4) is 0 Å². The highest BCUT2D eigenvalue weighted by Gasteiger charge is 2.67. The largest absolute Gasteiger partial charge is 0.508 e. The van der Waals surface area contributed by atoms with Gasteiger partial charge in [-0.25, -0.2) is 4.90 Å². The lowest BCUT2D eigenvalue weighted by molar-refractivity contribution is -0.132. The Morgan fingerprint density at radius 2 is 1.82 bits per heavy atom. The van der Waals surface area contributed by atoms with E-state index in [1.54, 1.807) is 48.7 Å². The van der Waals surface area contributed by atoms with E-state index >= 15 is 0 Å². The summed E-state index contributed by atoms with van der Waals surface area (Å²) in [7, 11) is 0. The molecule has 0 spiro atoms. The Morgan fingerprint density at radius 1 is 1.03 bits per heavy atom. The molecule has 2 aromatic rings. The lowest BCUT2D eigenvalue weighted by Crippen LogP contribution is -2.51. The van der Waals surface area contributed by atoms with Crippen LogP contribution in [0.5, 0.6) is 11.5 Å². The highest BCUT2D eigenvalue weighted by molar-refractivity contribution is 6.24. The number of hydrogen-bond donors (Lipinski definition) is 2. The van der Waals surface area contributed by atoms with E-state index in [-0.39, 0.29) is 35.3 Å². The van der Waals surface area contributed by atoms with Gasteiger partial charge in [0.1, 0.15) is 11.5 Å². The molecule has 6 atom stereocenters. The molecule has 3 heterocycles. The summed E-state index contributed by atoms with van der Waals surface area (Å²) in [5.41, 5.74) is 1.93. The van der Waals surface area contributed by atoms with Crippen LogP contribution in [0, 0.1) is 35.0 Å². The second-order valence-electron chi connectivity index (χ2n) is 11.1. The third-order valence-electron chi connectivity index (χ3n) is 9.28. The molecule has 0 bridgehead atoms. The average Bonchev–Trinajstić information content (AvgIpc) is 3.31. The fourth-order valence-electron chi connectivity index (χ4n) is 7.58. The monoisotopic (exact) mass is 510 g/mol. The number of phenolic OH excluding ortho intramolecular Hbond substituents is 1. The number of nitrogens with zero attached hydrogens (tertiary/aromatic N) is 1. The first-order valence-corrected chi connectivity index (χ1v) is 12.9. The summed E-state index contributed by atoms with van der Waals surface area (Å²) < 4.78 is 5.97. The van der Waals surface area contributed by atoms with Gasteiger partial charge in [-0.2, -0.15) is 0 Å². The SMILES string of the molecule is CC12C(=O)N(c3ccccc3)C(=O)C1CC1C(=CCC3C(=O)NC(=O)C31)C2C1=COc2ccc(O)cc2C1. The molecule has 6 unspecified atom stereocenters. The van der Waals surface area contributed by atoms with Gasteiger partial charge in [-0.05, 0) is 61.6 Å². The molecule has 38 heavy (non-hydrogen) atoms. The fraction of sp³-hybridized carbons (Fsp3) is 0.333. The molecule has 8 heteroatoms. The van der Waals surface area contributed by atoms with Crippen LogP contribution in [0.25, 0.3) is 0 Å². The minimum Gasteiger partial charge on any atom is -0.508 e. The Hall–Kier alpha value is -4.20. The molecule has 4 amide bonds. The molecule has 2 N–H and O–H groups in total. The fourth-order valence-corrected chi connectivity index (χ4v) is 7.58. The van der Waals surface area contributed by atoms with Crippen LogP contribution in [0.2, 0.25) is 0 Å². The standard InChI is InChI=1S/C30H26N2O6/c1-30-22(28(36)32(29(30)37)17-5-3-2-4-6-17)13-21-19(8-9-20-24(21)27(35)31-26(20)34)25(30)16-11-15-12-18(33)7-10-23(15)38-14-16/h2-8,10,12,14,20-22,24-25,33H,9,11,13H2,1H3,(H,31,34,35). The zero-order valence-electron chi connectivity index (χ0n) is 20.7. The summed E-state index contributed by atoms with van der Waals surface area (Å²) in [5, 5.41) is 12.6. The van der Waals surface area contributed by atoms with Gasteiger partial charge in [0.2, 0.25) is 23.6 Å². The van der Waals surface area contributed by atoms with E-state index in [1.165, 1.54) is 4.90 Å². The predicted octanol–water partition coefficient (Wildman–Crippen LogP) is 3.26. The van der Waals surface area contributed by atoms with Crippen LogP contribution in [-0.2, 0) is 25.6 Å². The summed E-state index contributed by atoms with van der Waals surface area (Å²) in [5.74, 6) is -2.95. The van der Waals surface area contributed by atoms with Gasteiger partial charge in [0.15, 0.2) is 0 Å². The van der Waals surface area contributed by atoms with Crippen molar-refractivity contribution in [1.29, 1.82) is 0 Å². The van der Waals surface area contributed by atoms with Crippen molar-refractivity contribution < 1.29 is 29.0 Å². The second kappa shape index (κ2) is 7.90. The minimum atomic E-state index is -1.11. The molecule has 8 nitrogen and oxygen atoms in total. The Bertz CT molecular complexity index is 1490. The average molecular weight is 511 g/mol. The van der Waals surface area contributed by atoms with Gasteiger partial charge in [-0.1, -0.05) is 29.8 Å². The Labute approximate surface area is 219 Å². The molecule has 192 valence electrons. The first kappa shape index (κ1) is 23.0. The van der Waals surface area contributed by atoms with E-state index in [0.717, 1.165) is 16.7 Å². The van der Waals surface area contributed by atoms with Gasteiger partial charge in [0.25, 0.3) is 0 Å². The number of benzene rings is 2. The number of phenols is 1. The van der Waals surface area contributed by atoms with Gasteiger partial charge in [-0.15, -0.1) is 0 Å². The van der Waals surface area contributed by atoms with Crippen LogP contribution in [-0.4, -0.2) is 28.7 Å².